The van der Waals surface area contributed by atoms with Gasteiger partial charge in [0, 0.05) is 12.1 Å². The number of hydrogen-bond acceptors (Lipinski definition) is 6. The molecule has 0 unspecified atom stereocenters. The average Bonchev–Trinajstić information content (AvgIpc) is 2.59. The van der Waals surface area contributed by atoms with Gasteiger partial charge in [0.25, 0.3) is 0 Å². The van der Waals surface area contributed by atoms with Gasteiger partial charge in [-0.25, -0.2) is 0 Å². The van der Waals surface area contributed by atoms with Crippen molar-refractivity contribution in [3.8, 4) is 17.2 Å². The Bertz CT molecular complexity index is 879. The number of carbonyl (C=O) groups excluding carboxylic acids is 1. The molecule has 2 rings (SSSR count). The van der Waals surface area contributed by atoms with Crippen molar-refractivity contribution in [1.82, 2.24) is 0 Å². The van der Waals surface area contributed by atoms with Crippen LogP contribution in [-0.2, 0) is 16.7 Å². The summed E-state index contributed by atoms with van der Waals surface area (Å²) in [5.74, 6) is -1.08. The highest BCUT2D eigenvalue weighted by Crippen LogP contribution is 2.36. The summed E-state index contributed by atoms with van der Waals surface area (Å²) >= 11 is 0. The van der Waals surface area contributed by atoms with E-state index in [1.165, 1.54) is 6.07 Å². The van der Waals surface area contributed by atoms with Crippen molar-refractivity contribution in [3.63, 3.8) is 0 Å². The summed E-state index contributed by atoms with van der Waals surface area (Å²) in [4.78, 5) is 11.2. The molecule has 0 aliphatic carbocycles. The first-order chi connectivity index (χ1) is 12.2. The molecule has 0 spiro atoms. The molecule has 0 saturated heterocycles. The lowest BCUT2D eigenvalue weighted by atomic mass is 10.2. The van der Waals surface area contributed by atoms with E-state index >= 15 is 0 Å². The van der Waals surface area contributed by atoms with E-state index in [9.17, 15) is 26.4 Å². The SMILES string of the molecule is COc1cc(OCc2ccccc2)cc(OS(=O)(=O)C(F)(F)F)c1C=O. The second kappa shape index (κ2) is 7.65. The van der Waals surface area contributed by atoms with Crippen molar-refractivity contribution in [2.75, 3.05) is 7.11 Å². The van der Waals surface area contributed by atoms with Crippen molar-refractivity contribution in [3.05, 3.63) is 53.6 Å². The molecule has 0 amide bonds. The Hall–Kier alpha value is -2.75. The van der Waals surface area contributed by atoms with Crippen molar-refractivity contribution in [1.29, 1.82) is 0 Å². The number of methoxy groups -OCH3 is 1. The number of ether oxygens (including phenoxy) is 2. The third kappa shape index (κ3) is 4.45. The monoisotopic (exact) mass is 390 g/mol. The second-order valence-corrected chi connectivity index (χ2v) is 6.45. The summed E-state index contributed by atoms with van der Waals surface area (Å²) in [7, 11) is -4.80. The molecule has 2 aromatic carbocycles. The topological polar surface area (TPSA) is 78.9 Å². The smallest absolute Gasteiger partial charge is 0.496 e. The van der Waals surface area contributed by atoms with Gasteiger partial charge in [0.15, 0.2) is 12.0 Å². The van der Waals surface area contributed by atoms with Crippen molar-refractivity contribution in [2.45, 2.75) is 12.1 Å². The number of benzene rings is 2. The molecule has 0 aliphatic rings. The van der Waals surface area contributed by atoms with Gasteiger partial charge in [0.05, 0.1) is 7.11 Å². The molecule has 0 fully saturated rings. The minimum atomic E-state index is -5.96. The lowest BCUT2D eigenvalue weighted by Crippen LogP contribution is -2.28. The first kappa shape index (κ1) is 19.6. The molecule has 0 radical (unpaired) electrons. The lowest BCUT2D eigenvalue weighted by Gasteiger charge is -2.15. The van der Waals surface area contributed by atoms with Gasteiger partial charge in [-0.2, -0.15) is 21.6 Å². The predicted octanol–water partition coefficient (Wildman–Crippen LogP) is 3.32. The zero-order valence-corrected chi connectivity index (χ0v) is 14.1. The molecule has 0 aromatic heterocycles. The Morgan fingerprint density at radius 3 is 2.23 bits per heavy atom. The fourth-order valence-electron chi connectivity index (χ4n) is 1.92. The summed E-state index contributed by atoms with van der Waals surface area (Å²) in [5, 5.41) is 0. The van der Waals surface area contributed by atoms with Gasteiger partial charge in [0.1, 0.15) is 23.7 Å². The van der Waals surface area contributed by atoms with Gasteiger partial charge >= 0.3 is 15.6 Å². The summed E-state index contributed by atoms with van der Waals surface area (Å²) in [6.07, 6.45) is 0.126. The number of rotatable bonds is 7. The standard InChI is InChI=1S/C16H13F3O6S/c1-23-14-7-12(24-10-11-5-3-2-4-6-11)8-15(13(14)9-20)25-26(21,22)16(17,18)19/h2-9H,10H2,1H3. The minimum Gasteiger partial charge on any atom is -0.496 e. The Kier molecular flexibility index (Phi) is 5.76. The quantitative estimate of drug-likeness (QED) is 0.410. The molecule has 26 heavy (non-hydrogen) atoms. The van der Waals surface area contributed by atoms with Gasteiger partial charge in [-0.1, -0.05) is 30.3 Å². The molecule has 10 heteroatoms. The number of halogens is 3. The summed E-state index contributed by atoms with van der Waals surface area (Å²) in [6.45, 7) is 0.0515. The van der Waals surface area contributed by atoms with Crippen molar-refractivity contribution < 1.29 is 40.0 Å². The fourth-order valence-corrected chi connectivity index (χ4v) is 2.39. The zero-order valence-electron chi connectivity index (χ0n) is 13.3. The van der Waals surface area contributed by atoms with E-state index in [1.54, 1.807) is 30.3 Å². The van der Waals surface area contributed by atoms with Crippen LogP contribution >= 0.6 is 0 Å². The molecule has 2 aromatic rings. The predicted molar refractivity (Wildman–Crippen MR) is 84.8 cm³/mol. The molecule has 0 atom stereocenters. The molecular formula is C16H13F3O6S. The summed E-state index contributed by atoms with van der Waals surface area (Å²) < 4.78 is 74.5. The Morgan fingerprint density at radius 1 is 1.08 bits per heavy atom. The van der Waals surface area contributed by atoms with Crippen molar-refractivity contribution >= 4 is 16.4 Å². The van der Waals surface area contributed by atoms with Gasteiger partial charge in [-0.05, 0) is 5.56 Å². The highest BCUT2D eigenvalue weighted by Gasteiger charge is 2.49. The average molecular weight is 390 g/mol. The van der Waals surface area contributed by atoms with Crippen LogP contribution in [0.3, 0.4) is 0 Å². The van der Waals surface area contributed by atoms with E-state index in [2.05, 4.69) is 4.18 Å². The van der Waals surface area contributed by atoms with Crippen LogP contribution in [0.4, 0.5) is 13.2 Å². The first-order valence-electron chi connectivity index (χ1n) is 7.02. The van der Waals surface area contributed by atoms with E-state index in [0.29, 0.717) is 0 Å². The van der Waals surface area contributed by atoms with Crippen molar-refractivity contribution in [2.24, 2.45) is 0 Å². The van der Waals surface area contributed by atoms with Gasteiger partial charge < -0.3 is 13.7 Å². The van der Waals surface area contributed by atoms with Crippen LogP contribution in [0.25, 0.3) is 0 Å². The largest absolute Gasteiger partial charge is 0.534 e. The Morgan fingerprint density at radius 2 is 1.69 bits per heavy atom. The molecule has 0 bridgehead atoms. The summed E-state index contributed by atoms with van der Waals surface area (Å²) in [5.41, 5.74) is -5.38. The van der Waals surface area contributed by atoms with E-state index in [-0.39, 0.29) is 24.4 Å². The highest BCUT2D eigenvalue weighted by atomic mass is 32.2. The third-order valence-electron chi connectivity index (χ3n) is 3.15. The maximum absolute atomic E-state index is 12.5. The number of aldehydes is 1. The normalized spacial score (nSPS) is 11.7. The second-order valence-electron chi connectivity index (χ2n) is 4.91. The van der Waals surface area contributed by atoms with Crippen LogP contribution in [0.1, 0.15) is 15.9 Å². The van der Waals surface area contributed by atoms with Gasteiger partial charge in [-0.15, -0.1) is 0 Å². The maximum Gasteiger partial charge on any atom is 0.534 e. The molecular weight excluding hydrogens is 377 g/mol. The Labute approximate surface area is 147 Å². The van der Waals surface area contributed by atoms with Crippen LogP contribution in [-0.4, -0.2) is 27.3 Å². The molecule has 6 nitrogen and oxygen atoms in total. The van der Waals surface area contributed by atoms with Crippen LogP contribution < -0.4 is 13.7 Å². The minimum absolute atomic E-state index is 0.0383. The van der Waals surface area contributed by atoms with E-state index in [4.69, 9.17) is 9.47 Å². The van der Waals surface area contributed by atoms with E-state index < -0.39 is 26.9 Å². The van der Waals surface area contributed by atoms with E-state index in [0.717, 1.165) is 18.7 Å². The third-order valence-corrected chi connectivity index (χ3v) is 4.11. The van der Waals surface area contributed by atoms with Gasteiger partial charge in [0.2, 0.25) is 0 Å². The van der Waals surface area contributed by atoms with Crippen LogP contribution in [0, 0.1) is 0 Å². The zero-order chi connectivity index (χ0) is 19.4. The molecule has 0 saturated carbocycles. The van der Waals surface area contributed by atoms with Gasteiger partial charge in [-0.3, -0.25) is 4.79 Å². The molecule has 0 aliphatic heterocycles. The molecule has 140 valence electrons. The molecule has 0 heterocycles. The Balaban J connectivity index is 2.38. The molecule has 0 N–H and O–H groups in total. The number of carbonyl (C=O) groups is 1. The van der Waals surface area contributed by atoms with E-state index in [1.807, 2.05) is 0 Å². The fraction of sp³-hybridized carbons (Fsp3) is 0.188. The first-order valence-corrected chi connectivity index (χ1v) is 8.43. The summed E-state index contributed by atoms with van der Waals surface area (Å²) in [6, 6.07) is 10.9. The highest BCUT2D eigenvalue weighted by molar-refractivity contribution is 7.88. The maximum atomic E-state index is 12.5. The number of hydrogen-bond donors (Lipinski definition) is 0. The lowest BCUT2D eigenvalue weighted by molar-refractivity contribution is -0.0500. The van der Waals surface area contributed by atoms with Crippen LogP contribution in [0.2, 0.25) is 0 Å². The van der Waals surface area contributed by atoms with Crippen LogP contribution in [0.5, 0.6) is 17.2 Å². The number of alkyl halides is 3. The van der Waals surface area contributed by atoms with Crippen LogP contribution in [0.15, 0.2) is 42.5 Å².